The van der Waals surface area contributed by atoms with Gasteiger partial charge < -0.3 is 4.74 Å². The molecule has 1 unspecified atom stereocenters. The highest BCUT2D eigenvalue weighted by Gasteiger charge is 2.36. The van der Waals surface area contributed by atoms with Crippen LogP contribution in [-0.2, 0) is 16.0 Å². The van der Waals surface area contributed by atoms with Gasteiger partial charge in [-0.1, -0.05) is 49.0 Å². The summed E-state index contributed by atoms with van der Waals surface area (Å²) in [6, 6.07) is 18.1. The molecule has 0 amide bonds. The van der Waals surface area contributed by atoms with E-state index in [1.54, 1.807) is 23.5 Å². The fourth-order valence-electron chi connectivity index (χ4n) is 3.22. The smallest absolute Gasteiger partial charge is 0.333 e. The van der Waals surface area contributed by atoms with Gasteiger partial charge in [0, 0.05) is 21.8 Å². The van der Waals surface area contributed by atoms with E-state index in [0.717, 1.165) is 33.9 Å². The van der Waals surface area contributed by atoms with Crippen LogP contribution in [0.25, 0.3) is 0 Å². The Bertz CT molecular complexity index is 914. The van der Waals surface area contributed by atoms with Crippen molar-refractivity contribution < 1.29 is 14.3 Å². The Morgan fingerprint density at radius 3 is 2.44 bits per heavy atom. The van der Waals surface area contributed by atoms with E-state index in [-0.39, 0.29) is 11.8 Å². The fourth-order valence-corrected chi connectivity index (χ4v) is 5.17. The van der Waals surface area contributed by atoms with E-state index in [2.05, 4.69) is 29.5 Å². The van der Waals surface area contributed by atoms with Crippen molar-refractivity contribution in [2.24, 2.45) is 0 Å². The number of methoxy groups -OCH3 is 1. The predicted molar refractivity (Wildman–Crippen MR) is 137 cm³/mol. The summed E-state index contributed by atoms with van der Waals surface area (Å²) in [5.41, 5.74) is 1.76. The number of rotatable bonds is 13. The minimum atomic E-state index is -0.622. The number of esters is 1. The predicted octanol–water partition coefficient (Wildman–Crippen LogP) is 5.38. The van der Waals surface area contributed by atoms with E-state index >= 15 is 0 Å². The Morgan fingerprint density at radius 1 is 1.06 bits per heavy atom. The number of hydrogen-bond acceptors (Lipinski definition) is 6. The third kappa shape index (κ3) is 7.54. The number of likely N-dealkylation sites (N-methyl/N-ethyl adjacent to an activating group) is 1. The maximum absolute atomic E-state index is 13.5. The van der Waals surface area contributed by atoms with Gasteiger partial charge in [0.05, 0.1) is 12.6 Å². The molecule has 4 nitrogen and oxygen atoms in total. The van der Waals surface area contributed by atoms with Crippen LogP contribution in [0.15, 0.2) is 71.6 Å². The minimum absolute atomic E-state index is 0.130. The van der Waals surface area contributed by atoms with E-state index in [0.29, 0.717) is 17.7 Å². The van der Waals surface area contributed by atoms with Crippen LogP contribution >= 0.6 is 23.5 Å². The quantitative estimate of drug-likeness (QED) is 0.129. The van der Waals surface area contributed by atoms with Gasteiger partial charge in [-0.3, -0.25) is 9.69 Å². The molecule has 0 bridgehead atoms. The van der Waals surface area contributed by atoms with Crippen LogP contribution in [0.3, 0.4) is 0 Å². The summed E-state index contributed by atoms with van der Waals surface area (Å²) in [5.74, 6) is 2.27. The third-order valence-corrected chi connectivity index (χ3v) is 7.63. The molecule has 0 radical (unpaired) electrons. The molecule has 0 aliphatic carbocycles. The van der Waals surface area contributed by atoms with Crippen molar-refractivity contribution in [1.29, 1.82) is 0 Å². The van der Waals surface area contributed by atoms with Gasteiger partial charge >= 0.3 is 5.97 Å². The lowest BCUT2D eigenvalue weighted by Crippen LogP contribution is -2.50. The second-order valence-electron chi connectivity index (χ2n) is 8.04. The largest absolute Gasteiger partial charge is 0.466 e. The first-order valence-corrected chi connectivity index (χ1v) is 12.7. The highest BCUT2D eigenvalue weighted by molar-refractivity contribution is 8.00. The second kappa shape index (κ2) is 12.9. The van der Waals surface area contributed by atoms with E-state index in [1.165, 1.54) is 7.11 Å². The van der Waals surface area contributed by atoms with Crippen molar-refractivity contribution in [3.05, 3.63) is 77.9 Å². The second-order valence-corrected chi connectivity index (χ2v) is 10.3. The Kier molecular flexibility index (Phi) is 10.6. The number of thioether (sulfide) groups is 2. The molecule has 0 aromatic heterocycles. The molecule has 2 aromatic rings. The minimum Gasteiger partial charge on any atom is -0.466 e. The van der Waals surface area contributed by atoms with Gasteiger partial charge in [0.15, 0.2) is 5.78 Å². The molecule has 0 saturated heterocycles. The zero-order valence-electron chi connectivity index (χ0n) is 19.4. The summed E-state index contributed by atoms with van der Waals surface area (Å²) in [6.45, 7) is 5.75. The number of benzene rings is 2. The lowest BCUT2D eigenvalue weighted by Gasteiger charge is -2.35. The summed E-state index contributed by atoms with van der Waals surface area (Å²) < 4.78 is 4.66. The number of carbonyl (C=O) groups is 2. The molecule has 0 aliphatic rings. The molecule has 1 atom stereocenters. The van der Waals surface area contributed by atoms with Crippen LogP contribution in [0.5, 0.6) is 0 Å². The number of carbonyl (C=O) groups excluding carboxylic acids is 2. The summed E-state index contributed by atoms with van der Waals surface area (Å²) >= 11 is 3.43. The molecule has 0 spiro atoms. The number of Topliss-reactive ketones (excluding diaryl/α,β-unsaturated/α-hetero) is 1. The lowest BCUT2D eigenvalue weighted by atomic mass is 9.84. The van der Waals surface area contributed by atoms with Crippen molar-refractivity contribution in [2.45, 2.75) is 30.2 Å². The third-order valence-electron chi connectivity index (χ3n) is 5.42. The molecule has 6 heteroatoms. The van der Waals surface area contributed by atoms with Gasteiger partial charge in [-0.25, -0.2) is 4.79 Å². The Balaban J connectivity index is 1.93. The van der Waals surface area contributed by atoms with Gasteiger partial charge in [0.25, 0.3) is 0 Å². The Labute approximate surface area is 200 Å². The molecule has 0 heterocycles. The molecular formula is C26H33NO3S2. The SMILES string of the molecule is C=C(CSCCCSc1cccc(C(=O)C(C)(Cc2ccccc2)N(C)C)c1)C(=O)OC. The summed E-state index contributed by atoms with van der Waals surface area (Å²) in [6.07, 6.45) is 1.66. The van der Waals surface area contributed by atoms with E-state index < -0.39 is 5.54 Å². The molecule has 2 aromatic carbocycles. The van der Waals surface area contributed by atoms with Crippen molar-refractivity contribution >= 4 is 35.3 Å². The highest BCUT2D eigenvalue weighted by Crippen LogP contribution is 2.27. The average molecular weight is 472 g/mol. The Morgan fingerprint density at radius 2 is 1.78 bits per heavy atom. The monoisotopic (exact) mass is 471 g/mol. The van der Waals surface area contributed by atoms with Crippen LogP contribution in [0.2, 0.25) is 0 Å². The van der Waals surface area contributed by atoms with E-state index in [9.17, 15) is 9.59 Å². The maximum Gasteiger partial charge on any atom is 0.333 e. The lowest BCUT2D eigenvalue weighted by molar-refractivity contribution is -0.135. The van der Waals surface area contributed by atoms with Crippen molar-refractivity contribution in [3.8, 4) is 0 Å². The first kappa shape index (κ1) is 26.2. The van der Waals surface area contributed by atoms with Crippen molar-refractivity contribution in [2.75, 3.05) is 38.5 Å². The molecule has 0 fully saturated rings. The molecule has 0 aliphatic heterocycles. The fraction of sp³-hybridized carbons (Fsp3) is 0.385. The molecular weight excluding hydrogens is 438 g/mol. The van der Waals surface area contributed by atoms with Crippen LogP contribution < -0.4 is 0 Å². The Hall–Kier alpha value is -2.02. The number of ether oxygens (including phenoxy) is 1. The normalized spacial score (nSPS) is 12.9. The highest BCUT2D eigenvalue weighted by atomic mass is 32.2. The number of ketones is 1. The van der Waals surface area contributed by atoms with E-state index in [4.69, 9.17) is 0 Å². The zero-order chi connectivity index (χ0) is 23.6. The first-order valence-electron chi connectivity index (χ1n) is 10.6. The van der Waals surface area contributed by atoms with Gasteiger partial charge in [-0.2, -0.15) is 11.8 Å². The topological polar surface area (TPSA) is 46.6 Å². The van der Waals surface area contributed by atoms with E-state index in [1.807, 2.05) is 62.3 Å². The summed E-state index contributed by atoms with van der Waals surface area (Å²) in [5, 5.41) is 0. The van der Waals surface area contributed by atoms with Gasteiger partial charge in [0.2, 0.25) is 0 Å². The molecule has 172 valence electrons. The molecule has 0 N–H and O–H groups in total. The molecule has 2 rings (SSSR count). The maximum atomic E-state index is 13.5. The average Bonchev–Trinajstić information content (AvgIpc) is 2.80. The van der Waals surface area contributed by atoms with Crippen LogP contribution in [-0.4, -0.2) is 60.7 Å². The molecule has 32 heavy (non-hydrogen) atoms. The van der Waals surface area contributed by atoms with Crippen LogP contribution in [0.1, 0.15) is 29.3 Å². The first-order chi connectivity index (χ1) is 15.3. The standard InChI is InChI=1S/C26H33NO3S2/c1-20(25(29)30-5)19-31-15-10-16-32-23-14-9-13-22(17-23)24(28)26(2,27(3)4)18-21-11-7-6-8-12-21/h6-9,11-14,17H,1,10,15-16,18-19H2,2-5H3. The summed E-state index contributed by atoms with van der Waals surface area (Å²) in [7, 11) is 5.30. The van der Waals surface area contributed by atoms with Crippen molar-refractivity contribution in [3.63, 3.8) is 0 Å². The zero-order valence-corrected chi connectivity index (χ0v) is 21.1. The van der Waals surface area contributed by atoms with Gasteiger partial charge in [-0.15, -0.1) is 11.8 Å². The van der Waals surface area contributed by atoms with Crippen LogP contribution in [0, 0.1) is 0 Å². The van der Waals surface area contributed by atoms with Gasteiger partial charge in [0.1, 0.15) is 0 Å². The van der Waals surface area contributed by atoms with Crippen LogP contribution in [0.4, 0.5) is 0 Å². The van der Waals surface area contributed by atoms with Gasteiger partial charge in [-0.05, 0) is 63.1 Å². The summed E-state index contributed by atoms with van der Waals surface area (Å²) in [4.78, 5) is 28.0. The van der Waals surface area contributed by atoms with Crippen molar-refractivity contribution in [1.82, 2.24) is 4.90 Å². The molecule has 0 saturated carbocycles. The number of nitrogens with zero attached hydrogens (tertiary/aromatic N) is 1. The number of hydrogen-bond donors (Lipinski definition) is 0.